The average Bonchev–Trinajstić information content (AvgIpc) is 2.11. The molecular weight excluding hydrogens is 184 g/mol. The van der Waals surface area contributed by atoms with Crippen molar-refractivity contribution >= 4 is 11.9 Å². The maximum atomic E-state index is 10.9. The van der Waals surface area contributed by atoms with Gasteiger partial charge in [-0.1, -0.05) is 0 Å². The van der Waals surface area contributed by atoms with Gasteiger partial charge in [0, 0.05) is 18.8 Å². The average molecular weight is 200 g/mol. The molecule has 0 saturated heterocycles. The molecule has 0 rings (SSSR count). The number of ether oxygens (including phenoxy) is 1. The summed E-state index contributed by atoms with van der Waals surface area (Å²) in [6, 6.07) is 0. The van der Waals surface area contributed by atoms with Crippen molar-refractivity contribution < 1.29 is 14.3 Å². The molecule has 0 atom stereocenters. The van der Waals surface area contributed by atoms with Gasteiger partial charge in [-0.2, -0.15) is 0 Å². The van der Waals surface area contributed by atoms with Crippen molar-refractivity contribution in [2.24, 2.45) is 11.1 Å². The van der Waals surface area contributed by atoms with Crippen LogP contribution >= 0.6 is 0 Å². The maximum absolute atomic E-state index is 10.9. The third-order valence-electron chi connectivity index (χ3n) is 1.75. The molecular formula is C9H16N2O3. The van der Waals surface area contributed by atoms with Crippen molar-refractivity contribution in [3.8, 4) is 0 Å². The fourth-order valence-electron chi connectivity index (χ4n) is 0.596. The fraction of sp³-hybridized carbons (Fsp3) is 0.556. The molecule has 1 amide bonds. The first kappa shape index (κ1) is 12.5. The molecule has 0 aromatic rings. The van der Waals surface area contributed by atoms with E-state index in [-0.39, 0.29) is 0 Å². The van der Waals surface area contributed by atoms with Crippen molar-refractivity contribution in [3.63, 3.8) is 0 Å². The van der Waals surface area contributed by atoms with Crippen molar-refractivity contribution in [1.29, 1.82) is 0 Å². The van der Waals surface area contributed by atoms with Gasteiger partial charge in [-0.05, 0) is 13.8 Å². The van der Waals surface area contributed by atoms with E-state index >= 15 is 0 Å². The third kappa shape index (κ3) is 4.49. The number of primary amides is 1. The van der Waals surface area contributed by atoms with Gasteiger partial charge >= 0.3 is 5.97 Å². The molecule has 0 unspecified atom stereocenters. The highest BCUT2D eigenvalue weighted by molar-refractivity contribution is 5.81. The summed E-state index contributed by atoms with van der Waals surface area (Å²) in [5, 5.41) is 2.79. The molecule has 0 heterocycles. The first-order valence-electron chi connectivity index (χ1n) is 4.18. The van der Waals surface area contributed by atoms with Gasteiger partial charge in [0.2, 0.25) is 5.91 Å². The molecule has 5 heteroatoms. The highest BCUT2D eigenvalue weighted by Gasteiger charge is 2.23. The largest absolute Gasteiger partial charge is 0.466 e. The van der Waals surface area contributed by atoms with Crippen LogP contribution in [0.15, 0.2) is 12.3 Å². The Labute approximate surface area is 83.3 Å². The van der Waals surface area contributed by atoms with E-state index in [2.05, 4.69) is 10.1 Å². The zero-order chi connectivity index (χ0) is 11.2. The Hall–Kier alpha value is -1.52. The second-order valence-corrected chi connectivity index (χ2v) is 3.49. The highest BCUT2D eigenvalue weighted by atomic mass is 16.5. The van der Waals surface area contributed by atoms with Crippen LogP contribution in [-0.4, -0.2) is 25.5 Å². The minimum atomic E-state index is -0.638. The first-order valence-corrected chi connectivity index (χ1v) is 4.18. The number of amides is 1. The number of rotatable bonds is 5. The number of nitrogens with one attached hydrogen (secondary N) is 1. The fourth-order valence-corrected chi connectivity index (χ4v) is 0.596. The molecule has 0 aromatic carbocycles. The lowest BCUT2D eigenvalue weighted by Crippen LogP contribution is -2.39. The predicted octanol–water partition coefficient (Wildman–Crippen LogP) is -0.226. The quantitative estimate of drug-likeness (QED) is 0.474. The summed E-state index contributed by atoms with van der Waals surface area (Å²) in [5.41, 5.74) is 4.51. The summed E-state index contributed by atoms with van der Waals surface area (Å²) >= 11 is 0. The SMILES string of the molecule is COC(=O)/C=C/NCC(C)(C)C(N)=O. The van der Waals surface area contributed by atoms with Gasteiger partial charge < -0.3 is 15.8 Å². The van der Waals surface area contributed by atoms with Crippen molar-refractivity contribution in [2.75, 3.05) is 13.7 Å². The van der Waals surface area contributed by atoms with Crippen LogP contribution in [0, 0.1) is 5.41 Å². The van der Waals surface area contributed by atoms with Crippen LogP contribution in [-0.2, 0) is 14.3 Å². The topological polar surface area (TPSA) is 81.4 Å². The number of methoxy groups -OCH3 is 1. The monoisotopic (exact) mass is 200 g/mol. The number of carbonyl (C=O) groups is 2. The Bertz CT molecular complexity index is 246. The van der Waals surface area contributed by atoms with Crippen LogP contribution in [0.2, 0.25) is 0 Å². The van der Waals surface area contributed by atoms with Crippen molar-refractivity contribution in [1.82, 2.24) is 5.32 Å². The molecule has 80 valence electrons. The molecule has 0 aliphatic heterocycles. The number of hydrogen-bond donors (Lipinski definition) is 2. The van der Waals surface area contributed by atoms with Crippen LogP contribution in [0.4, 0.5) is 0 Å². The zero-order valence-corrected chi connectivity index (χ0v) is 8.66. The molecule has 0 saturated carbocycles. The van der Waals surface area contributed by atoms with Gasteiger partial charge in [0.15, 0.2) is 0 Å². The van der Waals surface area contributed by atoms with Crippen LogP contribution in [0.5, 0.6) is 0 Å². The van der Waals surface area contributed by atoms with Crippen LogP contribution in [0.1, 0.15) is 13.8 Å². The molecule has 0 aliphatic rings. The van der Waals surface area contributed by atoms with Crippen LogP contribution in [0.3, 0.4) is 0 Å². The molecule has 0 radical (unpaired) electrons. The summed E-state index contributed by atoms with van der Waals surface area (Å²) in [6.07, 6.45) is 2.66. The third-order valence-corrected chi connectivity index (χ3v) is 1.75. The Morgan fingerprint density at radius 3 is 2.50 bits per heavy atom. The van der Waals surface area contributed by atoms with Gasteiger partial charge in [0.1, 0.15) is 0 Å². The van der Waals surface area contributed by atoms with Gasteiger partial charge in [0.05, 0.1) is 12.5 Å². The maximum Gasteiger partial charge on any atom is 0.331 e. The van der Waals surface area contributed by atoms with E-state index in [4.69, 9.17) is 5.73 Å². The van der Waals surface area contributed by atoms with Gasteiger partial charge in [0.25, 0.3) is 0 Å². The van der Waals surface area contributed by atoms with E-state index in [1.807, 2.05) is 0 Å². The lowest BCUT2D eigenvalue weighted by molar-refractivity contribution is -0.134. The zero-order valence-electron chi connectivity index (χ0n) is 8.66. The molecule has 0 spiro atoms. The van der Waals surface area contributed by atoms with E-state index in [0.29, 0.717) is 6.54 Å². The Morgan fingerprint density at radius 1 is 1.50 bits per heavy atom. The highest BCUT2D eigenvalue weighted by Crippen LogP contribution is 2.11. The van der Waals surface area contributed by atoms with Crippen molar-refractivity contribution in [2.45, 2.75) is 13.8 Å². The Kier molecular flexibility index (Phi) is 4.69. The Balaban J connectivity index is 3.90. The van der Waals surface area contributed by atoms with Crippen LogP contribution in [0.25, 0.3) is 0 Å². The second kappa shape index (κ2) is 5.26. The van der Waals surface area contributed by atoms with Gasteiger partial charge in [-0.3, -0.25) is 4.79 Å². The molecule has 3 N–H and O–H groups in total. The Morgan fingerprint density at radius 2 is 2.07 bits per heavy atom. The van der Waals surface area contributed by atoms with E-state index < -0.39 is 17.3 Å². The van der Waals surface area contributed by atoms with Gasteiger partial charge in [-0.15, -0.1) is 0 Å². The minimum absolute atomic E-state index is 0.371. The summed E-state index contributed by atoms with van der Waals surface area (Å²) in [4.78, 5) is 21.5. The second-order valence-electron chi connectivity index (χ2n) is 3.49. The normalized spacial score (nSPS) is 11.4. The molecule has 14 heavy (non-hydrogen) atoms. The molecule has 0 fully saturated rings. The van der Waals surface area contributed by atoms with E-state index in [1.54, 1.807) is 13.8 Å². The van der Waals surface area contributed by atoms with Crippen molar-refractivity contribution in [3.05, 3.63) is 12.3 Å². The minimum Gasteiger partial charge on any atom is -0.466 e. The summed E-state index contributed by atoms with van der Waals surface area (Å²) in [5.74, 6) is -0.842. The van der Waals surface area contributed by atoms with Gasteiger partial charge in [-0.25, -0.2) is 4.79 Å². The summed E-state index contributed by atoms with van der Waals surface area (Å²) < 4.78 is 4.37. The smallest absolute Gasteiger partial charge is 0.331 e. The number of nitrogens with two attached hydrogens (primary N) is 1. The number of hydrogen-bond acceptors (Lipinski definition) is 4. The lowest BCUT2D eigenvalue weighted by atomic mass is 9.93. The summed E-state index contributed by atoms with van der Waals surface area (Å²) in [6.45, 7) is 3.80. The molecule has 0 aliphatic carbocycles. The molecule has 0 aromatic heterocycles. The number of esters is 1. The number of carbonyl (C=O) groups excluding carboxylic acids is 2. The first-order chi connectivity index (χ1) is 6.40. The molecule has 0 bridgehead atoms. The van der Waals surface area contributed by atoms with Crippen LogP contribution < -0.4 is 11.1 Å². The summed E-state index contributed by atoms with van der Waals surface area (Å²) in [7, 11) is 1.29. The predicted molar refractivity (Wildman–Crippen MR) is 52.1 cm³/mol. The van der Waals surface area contributed by atoms with E-state index in [0.717, 1.165) is 0 Å². The standard InChI is InChI=1S/C9H16N2O3/c1-9(2,8(10)13)6-11-5-4-7(12)14-3/h4-5,11H,6H2,1-3H3,(H2,10,13)/b5-4+. The lowest BCUT2D eigenvalue weighted by Gasteiger charge is -2.19. The van der Waals surface area contributed by atoms with E-state index in [1.165, 1.54) is 19.4 Å². The molecule has 5 nitrogen and oxygen atoms in total. The van der Waals surface area contributed by atoms with E-state index in [9.17, 15) is 9.59 Å².